The number of aliphatic hydroxyl groups is 2. The summed E-state index contributed by atoms with van der Waals surface area (Å²) in [6.07, 6.45) is -1.82. The Balaban J connectivity index is 2.27. The van der Waals surface area contributed by atoms with Gasteiger partial charge in [0.05, 0.1) is 12.1 Å². The molecule has 0 saturated carbocycles. The van der Waals surface area contributed by atoms with Gasteiger partial charge in [-0.05, 0) is 13.8 Å². The van der Waals surface area contributed by atoms with Crippen LogP contribution in [-0.2, 0) is 0 Å². The molecule has 1 aliphatic rings. The van der Waals surface area contributed by atoms with E-state index in [-0.39, 0.29) is 5.56 Å². The Morgan fingerprint density at radius 1 is 1.47 bits per heavy atom. The predicted octanol–water partition coefficient (Wildman–Crippen LogP) is -0.974. The number of anilines is 2. The van der Waals surface area contributed by atoms with Crippen LogP contribution in [0.4, 0.5) is 11.5 Å². The molecule has 0 fully saturated rings. The number of aliphatic hydroxyl groups excluding tert-OH is 2. The summed E-state index contributed by atoms with van der Waals surface area (Å²) in [5.41, 5.74) is 0.00837. The first-order chi connectivity index (χ1) is 7.99. The molecule has 94 valence electrons. The largest absolute Gasteiger partial charge is 0.391 e. The zero-order chi connectivity index (χ0) is 12.6. The average molecular weight is 240 g/mol. The van der Waals surface area contributed by atoms with Crippen LogP contribution in [0.15, 0.2) is 4.79 Å². The van der Waals surface area contributed by atoms with Gasteiger partial charge < -0.3 is 25.8 Å². The highest BCUT2D eigenvalue weighted by Crippen LogP contribution is 2.21. The van der Waals surface area contributed by atoms with Crippen LogP contribution in [-0.4, -0.2) is 45.0 Å². The summed E-state index contributed by atoms with van der Waals surface area (Å²) in [6.45, 7) is 3.59. The fraction of sp³-hybridized carbons (Fsp3) is 0.600. The maximum Gasteiger partial charge on any atom is 0.276 e. The highest BCUT2D eigenvalue weighted by atomic mass is 16.3. The van der Waals surface area contributed by atoms with Gasteiger partial charge in [-0.2, -0.15) is 0 Å². The van der Waals surface area contributed by atoms with E-state index in [0.29, 0.717) is 23.9 Å². The summed E-state index contributed by atoms with van der Waals surface area (Å²) < 4.78 is 0. The third-order valence-corrected chi connectivity index (χ3v) is 2.76. The summed E-state index contributed by atoms with van der Waals surface area (Å²) in [6, 6.07) is -0.423. The Labute approximate surface area is 97.9 Å². The lowest BCUT2D eigenvalue weighted by Crippen LogP contribution is -2.48. The zero-order valence-corrected chi connectivity index (χ0v) is 9.69. The van der Waals surface area contributed by atoms with E-state index in [0.717, 1.165) is 0 Å². The zero-order valence-electron chi connectivity index (χ0n) is 9.69. The van der Waals surface area contributed by atoms with E-state index in [4.69, 9.17) is 0 Å². The molecule has 0 spiro atoms. The van der Waals surface area contributed by atoms with Crippen LogP contribution < -0.4 is 16.2 Å². The Morgan fingerprint density at radius 3 is 2.82 bits per heavy atom. The molecule has 0 aromatic carbocycles. The summed E-state index contributed by atoms with van der Waals surface area (Å²) in [7, 11) is 0. The Kier molecular flexibility index (Phi) is 3.03. The van der Waals surface area contributed by atoms with Crippen LogP contribution in [0.5, 0.6) is 0 Å². The minimum Gasteiger partial charge on any atom is -0.391 e. The molecule has 2 heterocycles. The second-order valence-electron chi connectivity index (χ2n) is 4.24. The van der Waals surface area contributed by atoms with Gasteiger partial charge in [0, 0.05) is 6.54 Å². The van der Waals surface area contributed by atoms with E-state index in [2.05, 4.69) is 20.6 Å². The van der Waals surface area contributed by atoms with Gasteiger partial charge in [0.2, 0.25) is 0 Å². The minimum absolute atomic E-state index is 0.289. The van der Waals surface area contributed by atoms with E-state index in [1.54, 1.807) is 6.92 Å². The number of rotatable bonds is 2. The highest BCUT2D eigenvalue weighted by Gasteiger charge is 2.29. The molecule has 2 rings (SSSR count). The van der Waals surface area contributed by atoms with Gasteiger partial charge in [-0.1, -0.05) is 0 Å². The molecule has 5 N–H and O–H groups in total. The molecule has 0 aliphatic carbocycles. The molecule has 0 bridgehead atoms. The maximum atomic E-state index is 11.7. The highest BCUT2D eigenvalue weighted by molar-refractivity contribution is 5.66. The van der Waals surface area contributed by atoms with E-state index in [1.807, 2.05) is 0 Å². The molecule has 1 aromatic rings. The SMILES string of the molecule is Cc1nc2c(c(=O)[nH]1)NC(C(O)C(C)O)CN2. The number of nitrogens with zero attached hydrogens (tertiary/aromatic N) is 1. The normalized spacial score (nSPS) is 22.0. The molecule has 0 radical (unpaired) electrons. The molecular weight excluding hydrogens is 224 g/mol. The molecule has 0 amide bonds. The van der Waals surface area contributed by atoms with Crippen molar-refractivity contribution in [2.24, 2.45) is 0 Å². The topological polar surface area (TPSA) is 110 Å². The Morgan fingerprint density at radius 2 is 2.18 bits per heavy atom. The second kappa shape index (κ2) is 4.34. The van der Waals surface area contributed by atoms with E-state index < -0.39 is 18.2 Å². The monoisotopic (exact) mass is 240 g/mol. The third-order valence-electron chi connectivity index (χ3n) is 2.76. The van der Waals surface area contributed by atoms with Crippen LogP contribution >= 0.6 is 0 Å². The van der Waals surface area contributed by atoms with Crippen molar-refractivity contribution in [3.63, 3.8) is 0 Å². The van der Waals surface area contributed by atoms with Crippen LogP contribution in [0.25, 0.3) is 0 Å². The van der Waals surface area contributed by atoms with Crippen molar-refractivity contribution in [3.8, 4) is 0 Å². The molecule has 7 nitrogen and oxygen atoms in total. The van der Waals surface area contributed by atoms with E-state index in [9.17, 15) is 15.0 Å². The van der Waals surface area contributed by atoms with E-state index >= 15 is 0 Å². The molecule has 17 heavy (non-hydrogen) atoms. The third kappa shape index (κ3) is 2.25. The first kappa shape index (κ1) is 11.9. The number of fused-ring (bicyclic) bond motifs is 1. The number of aryl methyl sites for hydroxylation is 1. The van der Waals surface area contributed by atoms with Crippen LogP contribution in [0.1, 0.15) is 12.7 Å². The molecule has 3 atom stereocenters. The summed E-state index contributed by atoms with van der Waals surface area (Å²) >= 11 is 0. The van der Waals surface area contributed by atoms with Crippen molar-refractivity contribution < 1.29 is 10.2 Å². The number of aromatic nitrogens is 2. The van der Waals surface area contributed by atoms with Crippen molar-refractivity contribution in [1.29, 1.82) is 0 Å². The van der Waals surface area contributed by atoms with Crippen molar-refractivity contribution in [2.75, 3.05) is 17.2 Å². The Bertz CT molecular complexity index is 471. The predicted molar refractivity (Wildman–Crippen MR) is 63.2 cm³/mol. The number of hydrogen-bond donors (Lipinski definition) is 5. The van der Waals surface area contributed by atoms with Crippen LogP contribution in [0, 0.1) is 6.92 Å². The van der Waals surface area contributed by atoms with Crippen LogP contribution in [0.2, 0.25) is 0 Å². The second-order valence-corrected chi connectivity index (χ2v) is 4.24. The van der Waals surface area contributed by atoms with Gasteiger partial charge in [0.15, 0.2) is 5.82 Å². The molecule has 7 heteroatoms. The van der Waals surface area contributed by atoms with Gasteiger partial charge in [0.1, 0.15) is 17.6 Å². The van der Waals surface area contributed by atoms with Gasteiger partial charge in [-0.15, -0.1) is 0 Å². The summed E-state index contributed by atoms with van der Waals surface area (Å²) in [5, 5.41) is 24.9. The fourth-order valence-electron chi connectivity index (χ4n) is 1.83. The molecule has 0 saturated heterocycles. The number of aromatic amines is 1. The molecule has 3 unspecified atom stereocenters. The first-order valence-electron chi connectivity index (χ1n) is 5.46. The van der Waals surface area contributed by atoms with Crippen molar-refractivity contribution >= 4 is 11.5 Å². The number of nitrogens with one attached hydrogen (secondary N) is 3. The molecular formula is C10H16N4O3. The summed E-state index contributed by atoms with van der Waals surface area (Å²) in [4.78, 5) is 18.4. The lowest BCUT2D eigenvalue weighted by Gasteiger charge is -2.31. The quantitative estimate of drug-likeness (QED) is 0.455. The average Bonchev–Trinajstić information content (AvgIpc) is 2.27. The Hall–Kier alpha value is -1.60. The lowest BCUT2D eigenvalue weighted by atomic mass is 10.0. The van der Waals surface area contributed by atoms with Crippen molar-refractivity contribution in [3.05, 3.63) is 16.2 Å². The van der Waals surface area contributed by atoms with E-state index in [1.165, 1.54) is 6.92 Å². The van der Waals surface area contributed by atoms with Gasteiger partial charge in [0.25, 0.3) is 5.56 Å². The van der Waals surface area contributed by atoms with Crippen LogP contribution in [0.3, 0.4) is 0 Å². The van der Waals surface area contributed by atoms with Crippen molar-refractivity contribution in [2.45, 2.75) is 32.1 Å². The summed E-state index contributed by atoms with van der Waals surface area (Å²) in [5.74, 6) is 0.998. The number of H-pyrrole nitrogens is 1. The minimum atomic E-state index is -0.948. The standard InChI is InChI=1S/C10H16N4O3/c1-4(15)8(16)6-3-11-9-7(14-6)10(17)13-5(2)12-9/h4,6,8,14-16H,3H2,1-2H3,(H2,11,12,13,17). The fourth-order valence-corrected chi connectivity index (χ4v) is 1.83. The lowest BCUT2D eigenvalue weighted by molar-refractivity contribution is 0.0214. The van der Waals surface area contributed by atoms with Crippen molar-refractivity contribution in [1.82, 2.24) is 9.97 Å². The smallest absolute Gasteiger partial charge is 0.276 e. The maximum absolute atomic E-state index is 11.7. The first-order valence-corrected chi connectivity index (χ1v) is 5.46. The van der Waals surface area contributed by atoms with Gasteiger partial charge in [-0.25, -0.2) is 4.98 Å². The van der Waals surface area contributed by atoms with Gasteiger partial charge >= 0.3 is 0 Å². The van der Waals surface area contributed by atoms with Gasteiger partial charge in [-0.3, -0.25) is 4.79 Å². The molecule has 1 aromatic heterocycles. The number of hydrogen-bond acceptors (Lipinski definition) is 6. The molecule has 1 aliphatic heterocycles.